The number of aromatic nitrogens is 2. The topological polar surface area (TPSA) is 66.0 Å². The first-order valence-electron chi connectivity index (χ1n) is 5.71. The van der Waals surface area contributed by atoms with Crippen molar-refractivity contribution in [3.8, 4) is 17.5 Å². The van der Waals surface area contributed by atoms with Crippen LogP contribution in [0.5, 0.6) is 0 Å². The van der Waals surface area contributed by atoms with Crippen molar-refractivity contribution in [1.29, 1.82) is 5.26 Å². The second kappa shape index (κ2) is 6.59. The van der Waals surface area contributed by atoms with E-state index >= 15 is 0 Å². The van der Waals surface area contributed by atoms with Gasteiger partial charge >= 0.3 is 0 Å². The van der Waals surface area contributed by atoms with Crippen molar-refractivity contribution in [2.45, 2.75) is 0 Å². The molecule has 0 aliphatic carbocycles. The molecule has 0 aliphatic rings. The molecular formula is C13H12BrN5S. The summed E-state index contributed by atoms with van der Waals surface area (Å²) in [6, 6.07) is 7.77. The maximum Gasteiger partial charge on any atom is 0.183 e. The van der Waals surface area contributed by atoms with Crippen LogP contribution in [0.3, 0.4) is 0 Å². The average Bonchev–Trinajstić information content (AvgIpc) is 2.78. The van der Waals surface area contributed by atoms with Gasteiger partial charge in [0.2, 0.25) is 0 Å². The Morgan fingerprint density at radius 1 is 1.55 bits per heavy atom. The van der Waals surface area contributed by atoms with Gasteiger partial charge in [-0.3, -0.25) is 10.00 Å². The highest BCUT2D eigenvalue weighted by atomic mass is 79.9. The second-order valence-electron chi connectivity index (χ2n) is 3.87. The smallest absolute Gasteiger partial charge is 0.183 e. The molecule has 0 amide bonds. The Balaban J connectivity index is 2.41. The van der Waals surface area contributed by atoms with E-state index in [0.717, 1.165) is 21.4 Å². The van der Waals surface area contributed by atoms with Gasteiger partial charge in [0.05, 0.1) is 22.1 Å². The minimum absolute atomic E-state index is 0.564. The average molecular weight is 350 g/mol. The molecule has 20 heavy (non-hydrogen) atoms. The van der Waals surface area contributed by atoms with E-state index in [9.17, 15) is 0 Å². The molecule has 0 fully saturated rings. The highest BCUT2D eigenvalue weighted by molar-refractivity contribution is 9.10. The highest BCUT2D eigenvalue weighted by Crippen LogP contribution is 2.30. The van der Waals surface area contributed by atoms with Gasteiger partial charge in [-0.15, -0.1) is 0 Å². The first kappa shape index (κ1) is 14.6. The summed E-state index contributed by atoms with van der Waals surface area (Å²) in [7, 11) is 1.89. The van der Waals surface area contributed by atoms with E-state index in [4.69, 9.17) is 5.26 Å². The summed E-state index contributed by atoms with van der Waals surface area (Å²) in [5.41, 5.74) is 2.78. The van der Waals surface area contributed by atoms with Crippen LogP contribution in [0.1, 0.15) is 0 Å². The number of amidine groups is 1. The zero-order valence-electron chi connectivity index (χ0n) is 11.0. The van der Waals surface area contributed by atoms with Crippen molar-refractivity contribution in [1.82, 2.24) is 15.1 Å². The summed E-state index contributed by atoms with van der Waals surface area (Å²) in [6.45, 7) is 0. The molecule has 1 aromatic carbocycles. The van der Waals surface area contributed by atoms with Gasteiger partial charge in [0.15, 0.2) is 11.4 Å². The molecule has 0 bridgehead atoms. The summed E-state index contributed by atoms with van der Waals surface area (Å²) in [5.74, 6) is 0. The SMILES string of the molecule is CSC(=Nc1cccc(-c2c(Br)cnn2C)c1)NC#N. The van der Waals surface area contributed by atoms with Crippen LogP contribution in [0.2, 0.25) is 0 Å². The molecule has 0 aliphatic heterocycles. The Morgan fingerprint density at radius 2 is 2.35 bits per heavy atom. The molecule has 1 N–H and O–H groups in total. The van der Waals surface area contributed by atoms with Gasteiger partial charge in [-0.25, -0.2) is 4.99 Å². The summed E-state index contributed by atoms with van der Waals surface area (Å²) >= 11 is 4.88. The number of nitriles is 1. The molecule has 5 nitrogen and oxygen atoms in total. The number of benzene rings is 1. The molecule has 0 saturated heterocycles. The van der Waals surface area contributed by atoms with Crippen molar-refractivity contribution in [2.24, 2.45) is 12.0 Å². The molecule has 0 saturated carbocycles. The quantitative estimate of drug-likeness (QED) is 0.391. The van der Waals surface area contributed by atoms with Crippen LogP contribution in [0.4, 0.5) is 5.69 Å². The minimum atomic E-state index is 0.564. The van der Waals surface area contributed by atoms with Gasteiger partial charge in [0.1, 0.15) is 0 Å². The standard InChI is InChI=1S/C13H12BrN5S/c1-19-12(11(14)7-17-19)9-4-3-5-10(6-9)18-13(20-2)16-8-15/h3-7H,1-2H3,(H,16,18). The number of halogens is 1. The lowest BCUT2D eigenvalue weighted by Gasteiger charge is -2.05. The lowest BCUT2D eigenvalue weighted by atomic mass is 10.1. The van der Waals surface area contributed by atoms with Crippen LogP contribution in [-0.4, -0.2) is 21.2 Å². The van der Waals surface area contributed by atoms with E-state index in [2.05, 4.69) is 31.3 Å². The summed E-state index contributed by atoms with van der Waals surface area (Å²) in [6.07, 6.45) is 5.50. The van der Waals surface area contributed by atoms with Crippen molar-refractivity contribution in [2.75, 3.05) is 6.26 Å². The number of aryl methyl sites for hydroxylation is 1. The van der Waals surface area contributed by atoms with Crippen LogP contribution in [0, 0.1) is 11.5 Å². The fourth-order valence-electron chi connectivity index (χ4n) is 1.75. The Kier molecular flexibility index (Phi) is 4.82. The van der Waals surface area contributed by atoms with E-state index in [0.29, 0.717) is 5.17 Å². The third-order valence-electron chi connectivity index (χ3n) is 2.60. The number of thioether (sulfide) groups is 1. The second-order valence-corrected chi connectivity index (χ2v) is 5.52. The van der Waals surface area contributed by atoms with E-state index in [1.807, 2.05) is 43.8 Å². The number of rotatable bonds is 2. The van der Waals surface area contributed by atoms with E-state index in [1.165, 1.54) is 11.8 Å². The molecule has 1 aromatic heterocycles. The first-order chi connectivity index (χ1) is 9.65. The van der Waals surface area contributed by atoms with E-state index in [1.54, 1.807) is 10.9 Å². The Hall–Kier alpha value is -1.78. The number of nitrogens with one attached hydrogen (secondary N) is 1. The Bertz CT molecular complexity index is 667. The largest absolute Gasteiger partial charge is 0.271 e. The van der Waals surface area contributed by atoms with Gasteiger partial charge in [-0.1, -0.05) is 23.9 Å². The third kappa shape index (κ3) is 3.21. The maximum atomic E-state index is 8.65. The van der Waals surface area contributed by atoms with Crippen LogP contribution in [-0.2, 0) is 7.05 Å². The van der Waals surface area contributed by atoms with Crippen LogP contribution in [0.25, 0.3) is 11.3 Å². The molecular weight excluding hydrogens is 338 g/mol. The monoisotopic (exact) mass is 349 g/mol. The van der Waals surface area contributed by atoms with Crippen LogP contribution in [0.15, 0.2) is 39.9 Å². The number of aliphatic imine (C=N–C) groups is 1. The summed E-state index contributed by atoms with van der Waals surface area (Å²) in [4.78, 5) is 4.40. The zero-order chi connectivity index (χ0) is 14.5. The van der Waals surface area contributed by atoms with Crippen LogP contribution < -0.4 is 5.32 Å². The predicted molar refractivity (Wildman–Crippen MR) is 85.7 cm³/mol. The normalized spacial score (nSPS) is 11.2. The Morgan fingerprint density at radius 3 is 2.95 bits per heavy atom. The van der Waals surface area contributed by atoms with Crippen molar-refractivity contribution in [3.05, 3.63) is 34.9 Å². The Labute approximate surface area is 129 Å². The summed E-state index contributed by atoms with van der Waals surface area (Å²) in [5, 5.41) is 16.0. The van der Waals surface area contributed by atoms with Crippen molar-refractivity contribution < 1.29 is 0 Å². The van der Waals surface area contributed by atoms with Crippen molar-refractivity contribution in [3.63, 3.8) is 0 Å². The minimum Gasteiger partial charge on any atom is -0.271 e. The number of hydrogen-bond acceptors (Lipinski definition) is 4. The fourth-order valence-corrected chi connectivity index (χ4v) is 2.67. The van der Waals surface area contributed by atoms with E-state index in [-0.39, 0.29) is 0 Å². The third-order valence-corrected chi connectivity index (χ3v) is 3.76. The zero-order valence-corrected chi connectivity index (χ0v) is 13.4. The van der Waals surface area contributed by atoms with Gasteiger partial charge in [0.25, 0.3) is 0 Å². The molecule has 2 rings (SSSR count). The molecule has 2 aromatic rings. The molecule has 0 atom stereocenters. The van der Waals surface area contributed by atoms with Gasteiger partial charge in [-0.2, -0.15) is 10.4 Å². The number of hydrogen-bond donors (Lipinski definition) is 1. The molecule has 1 heterocycles. The maximum absolute atomic E-state index is 8.65. The lowest BCUT2D eigenvalue weighted by Crippen LogP contribution is -2.12. The summed E-state index contributed by atoms with van der Waals surface area (Å²) < 4.78 is 2.73. The van der Waals surface area contributed by atoms with Gasteiger partial charge in [0, 0.05) is 12.6 Å². The van der Waals surface area contributed by atoms with Crippen LogP contribution >= 0.6 is 27.7 Å². The van der Waals surface area contributed by atoms with E-state index < -0.39 is 0 Å². The molecule has 102 valence electrons. The highest BCUT2D eigenvalue weighted by Gasteiger charge is 2.09. The first-order valence-corrected chi connectivity index (χ1v) is 7.73. The fraction of sp³-hybridized carbons (Fsp3) is 0.154. The molecule has 0 radical (unpaired) electrons. The lowest BCUT2D eigenvalue weighted by molar-refractivity contribution is 0.776. The molecule has 7 heteroatoms. The van der Waals surface area contributed by atoms with Gasteiger partial charge < -0.3 is 0 Å². The number of nitrogens with zero attached hydrogens (tertiary/aromatic N) is 4. The van der Waals surface area contributed by atoms with Crippen molar-refractivity contribution >= 4 is 38.5 Å². The van der Waals surface area contributed by atoms with Gasteiger partial charge in [-0.05, 0) is 34.3 Å². The molecule has 0 unspecified atom stereocenters. The predicted octanol–water partition coefficient (Wildman–Crippen LogP) is 3.27. The molecule has 0 spiro atoms.